The Morgan fingerprint density at radius 1 is 1.39 bits per heavy atom. The van der Waals surface area contributed by atoms with Crippen LogP contribution >= 0.6 is 0 Å². The minimum absolute atomic E-state index is 0.00506. The van der Waals surface area contributed by atoms with E-state index in [1.54, 1.807) is 6.07 Å². The van der Waals surface area contributed by atoms with Crippen molar-refractivity contribution in [2.45, 2.75) is 37.8 Å². The van der Waals surface area contributed by atoms with Gasteiger partial charge < -0.3 is 24.9 Å². The van der Waals surface area contributed by atoms with Crippen molar-refractivity contribution in [1.82, 2.24) is 20.8 Å². The van der Waals surface area contributed by atoms with Crippen LogP contribution in [0.25, 0.3) is 10.9 Å². The van der Waals surface area contributed by atoms with E-state index in [0.29, 0.717) is 30.9 Å². The maximum atomic E-state index is 12.5. The van der Waals surface area contributed by atoms with E-state index < -0.39 is 0 Å². The molecule has 146 valence electrons. The van der Waals surface area contributed by atoms with Gasteiger partial charge in [-0.15, -0.1) is 0 Å². The first kappa shape index (κ1) is 18.1. The van der Waals surface area contributed by atoms with Crippen LogP contribution in [0, 0.1) is 0 Å². The molecule has 8 nitrogen and oxygen atoms in total. The second-order valence-electron chi connectivity index (χ2n) is 6.88. The van der Waals surface area contributed by atoms with Gasteiger partial charge in [0, 0.05) is 48.0 Å². The molecule has 1 saturated heterocycles. The van der Waals surface area contributed by atoms with Gasteiger partial charge in [-0.05, 0) is 17.6 Å². The van der Waals surface area contributed by atoms with Gasteiger partial charge in [0.15, 0.2) is 0 Å². The zero-order chi connectivity index (χ0) is 19.5. The molecule has 1 aromatic carbocycles. The maximum absolute atomic E-state index is 12.5. The fraction of sp³-hybridized carbons (Fsp3) is 0.350. The molecular formula is C20H22N4O4. The Hall–Kier alpha value is -3.29. The Labute approximate surface area is 161 Å². The zero-order valence-electron chi connectivity index (χ0n) is 15.5. The molecule has 0 bridgehead atoms. The monoisotopic (exact) mass is 382 g/mol. The number of aromatic amines is 1. The Morgan fingerprint density at radius 2 is 2.25 bits per heavy atom. The molecule has 2 aromatic heterocycles. The van der Waals surface area contributed by atoms with Crippen LogP contribution in [0.4, 0.5) is 0 Å². The lowest BCUT2D eigenvalue weighted by Crippen LogP contribution is -2.50. The number of hydrogen-bond acceptors (Lipinski definition) is 5. The lowest BCUT2D eigenvalue weighted by molar-refractivity contribution is -0.127. The second kappa shape index (κ2) is 7.75. The van der Waals surface area contributed by atoms with Crippen LogP contribution in [0.2, 0.25) is 0 Å². The lowest BCUT2D eigenvalue weighted by Gasteiger charge is -2.33. The highest BCUT2D eigenvalue weighted by molar-refractivity contribution is 5.86. The van der Waals surface area contributed by atoms with Gasteiger partial charge in [0.25, 0.3) is 5.88 Å². The molecule has 0 aliphatic carbocycles. The number of piperidine rings is 1. The topological polar surface area (TPSA) is 109 Å². The summed E-state index contributed by atoms with van der Waals surface area (Å²) in [5.74, 6) is 0.887. The first-order valence-electron chi connectivity index (χ1n) is 9.28. The molecule has 4 rings (SSSR count). The van der Waals surface area contributed by atoms with Gasteiger partial charge in [0.1, 0.15) is 5.76 Å². The number of carbonyl (C=O) groups is 2. The van der Waals surface area contributed by atoms with Crippen LogP contribution in [0.15, 0.2) is 41.1 Å². The number of rotatable bonds is 6. The molecule has 3 aromatic rings. The van der Waals surface area contributed by atoms with Crippen molar-refractivity contribution >= 4 is 22.7 Å². The summed E-state index contributed by atoms with van der Waals surface area (Å²) >= 11 is 0. The quantitative estimate of drug-likeness (QED) is 0.606. The standard InChI is InChI=1S/C20H22N4O4/c1-27-19-10-12(28-24-19)6-8-17(25)22-16-7-9-18(26)23-20(16)14-11-21-15-5-3-2-4-13(14)15/h2-5,10-11,16,20-21H,6-9H2,1H3,(H,22,25)(H,23,26)/t16-,20+/m1/s1. The van der Waals surface area contributed by atoms with Crippen LogP contribution < -0.4 is 15.4 Å². The number of para-hydroxylation sites is 1. The van der Waals surface area contributed by atoms with Gasteiger partial charge >= 0.3 is 0 Å². The molecule has 3 heterocycles. The van der Waals surface area contributed by atoms with Crippen LogP contribution in [0.3, 0.4) is 0 Å². The molecule has 28 heavy (non-hydrogen) atoms. The fourth-order valence-electron chi connectivity index (χ4n) is 3.62. The molecule has 0 saturated carbocycles. The summed E-state index contributed by atoms with van der Waals surface area (Å²) in [4.78, 5) is 27.7. The van der Waals surface area contributed by atoms with Crippen LogP contribution in [0.1, 0.15) is 36.6 Å². The Morgan fingerprint density at radius 3 is 3.07 bits per heavy atom. The summed E-state index contributed by atoms with van der Waals surface area (Å²) in [6.45, 7) is 0. The number of ether oxygens (including phenoxy) is 1. The van der Waals surface area contributed by atoms with E-state index in [4.69, 9.17) is 9.26 Å². The van der Waals surface area contributed by atoms with Crippen molar-refractivity contribution in [3.8, 4) is 5.88 Å². The third kappa shape index (κ3) is 3.71. The Bertz CT molecular complexity index is 993. The van der Waals surface area contributed by atoms with Gasteiger partial charge in [-0.25, -0.2) is 0 Å². The van der Waals surface area contributed by atoms with Crippen molar-refractivity contribution in [3.05, 3.63) is 47.9 Å². The Balaban J connectivity index is 1.45. The van der Waals surface area contributed by atoms with Gasteiger partial charge in [-0.2, -0.15) is 0 Å². The summed E-state index contributed by atoms with van der Waals surface area (Å²) in [5.41, 5.74) is 1.98. The van der Waals surface area contributed by atoms with Crippen LogP contribution in [-0.2, 0) is 16.0 Å². The van der Waals surface area contributed by atoms with E-state index in [1.165, 1.54) is 7.11 Å². The first-order valence-corrected chi connectivity index (χ1v) is 9.28. The summed E-state index contributed by atoms with van der Waals surface area (Å²) in [7, 11) is 1.51. The van der Waals surface area contributed by atoms with E-state index in [9.17, 15) is 9.59 Å². The molecule has 0 radical (unpaired) electrons. The van der Waals surface area contributed by atoms with Crippen LogP contribution in [0.5, 0.6) is 5.88 Å². The number of nitrogens with one attached hydrogen (secondary N) is 3. The molecule has 0 unspecified atom stereocenters. The molecular weight excluding hydrogens is 360 g/mol. The fourth-order valence-corrected chi connectivity index (χ4v) is 3.62. The van der Waals surface area contributed by atoms with Crippen molar-refractivity contribution in [2.24, 2.45) is 0 Å². The van der Waals surface area contributed by atoms with E-state index in [2.05, 4.69) is 20.8 Å². The molecule has 0 spiro atoms. The average molecular weight is 382 g/mol. The molecule has 2 atom stereocenters. The molecule has 1 aliphatic heterocycles. The number of benzene rings is 1. The number of aryl methyl sites for hydroxylation is 1. The summed E-state index contributed by atoms with van der Waals surface area (Å²) < 4.78 is 10.1. The molecule has 1 aliphatic rings. The highest BCUT2D eigenvalue weighted by Gasteiger charge is 2.32. The van der Waals surface area contributed by atoms with Crippen molar-refractivity contribution < 1.29 is 18.8 Å². The summed E-state index contributed by atoms with van der Waals surface area (Å²) in [6.07, 6.45) is 3.59. The number of nitrogens with zero attached hydrogens (tertiary/aromatic N) is 1. The van der Waals surface area contributed by atoms with Gasteiger partial charge in [0.05, 0.1) is 19.2 Å². The largest absolute Gasteiger partial charge is 0.479 e. The minimum atomic E-state index is -0.272. The number of carbonyl (C=O) groups excluding carboxylic acids is 2. The third-order valence-corrected chi connectivity index (χ3v) is 5.05. The van der Waals surface area contributed by atoms with Crippen LogP contribution in [-0.4, -0.2) is 35.1 Å². The SMILES string of the molecule is COc1cc(CCC(=O)N[C@@H]2CCC(=O)N[C@H]2c2c[nH]c3ccccc23)on1. The number of methoxy groups -OCH3 is 1. The van der Waals surface area contributed by atoms with Gasteiger partial charge in [0.2, 0.25) is 11.8 Å². The predicted molar refractivity (Wildman–Crippen MR) is 102 cm³/mol. The Kier molecular flexibility index (Phi) is 5.01. The third-order valence-electron chi connectivity index (χ3n) is 5.05. The molecule has 8 heteroatoms. The smallest absolute Gasteiger partial charge is 0.254 e. The maximum Gasteiger partial charge on any atom is 0.254 e. The van der Waals surface area contributed by atoms with Crippen molar-refractivity contribution in [2.75, 3.05) is 7.11 Å². The second-order valence-corrected chi connectivity index (χ2v) is 6.88. The number of fused-ring (bicyclic) bond motifs is 1. The predicted octanol–water partition coefficient (Wildman–Crippen LogP) is 2.23. The van der Waals surface area contributed by atoms with Gasteiger partial charge in [-0.3, -0.25) is 9.59 Å². The highest BCUT2D eigenvalue weighted by Crippen LogP contribution is 2.30. The van der Waals surface area contributed by atoms with E-state index in [0.717, 1.165) is 16.5 Å². The van der Waals surface area contributed by atoms with Crippen molar-refractivity contribution in [1.29, 1.82) is 0 Å². The average Bonchev–Trinajstić information content (AvgIpc) is 3.34. The van der Waals surface area contributed by atoms with Crippen molar-refractivity contribution in [3.63, 3.8) is 0 Å². The zero-order valence-corrected chi connectivity index (χ0v) is 15.5. The number of amides is 2. The molecule has 1 fully saturated rings. The normalized spacial score (nSPS) is 19.4. The van der Waals surface area contributed by atoms with E-state index in [-0.39, 0.29) is 30.3 Å². The van der Waals surface area contributed by atoms with Gasteiger partial charge in [-0.1, -0.05) is 18.2 Å². The summed E-state index contributed by atoms with van der Waals surface area (Å²) in [6, 6.07) is 9.15. The molecule has 2 amide bonds. The number of aromatic nitrogens is 2. The lowest BCUT2D eigenvalue weighted by atomic mass is 9.91. The van der Waals surface area contributed by atoms with E-state index >= 15 is 0 Å². The summed E-state index contributed by atoms with van der Waals surface area (Å²) in [5, 5.41) is 10.9. The minimum Gasteiger partial charge on any atom is -0.479 e. The molecule has 3 N–H and O–H groups in total. The first-order chi connectivity index (χ1) is 13.6. The number of hydrogen-bond donors (Lipinski definition) is 3. The van der Waals surface area contributed by atoms with E-state index in [1.807, 2.05) is 30.5 Å². The highest BCUT2D eigenvalue weighted by atomic mass is 16.5. The number of H-pyrrole nitrogens is 1.